The van der Waals surface area contributed by atoms with Gasteiger partial charge in [0.1, 0.15) is 13.2 Å². The number of ether oxygens (including phenoxy) is 2. The first-order valence-electron chi connectivity index (χ1n) is 7.09. The second-order valence-corrected chi connectivity index (χ2v) is 5.32. The van der Waals surface area contributed by atoms with Crippen LogP contribution in [0.2, 0.25) is 0 Å². The third-order valence-corrected chi connectivity index (χ3v) is 4.15. The Morgan fingerprint density at radius 3 is 2.74 bits per heavy atom. The molecule has 2 aliphatic heterocycles. The average Bonchev–Trinajstić information content (AvgIpc) is 2.45. The lowest BCUT2D eigenvalue weighted by atomic mass is 9.94. The van der Waals surface area contributed by atoms with Crippen LogP contribution in [-0.4, -0.2) is 39.9 Å². The van der Waals surface area contributed by atoms with Gasteiger partial charge >= 0.3 is 0 Å². The Kier molecular flexibility index (Phi) is 3.51. The van der Waals surface area contributed by atoms with Gasteiger partial charge in [-0.15, -0.1) is 0 Å². The van der Waals surface area contributed by atoms with E-state index in [1.54, 1.807) is 0 Å². The first kappa shape index (κ1) is 12.6. The van der Waals surface area contributed by atoms with Crippen molar-refractivity contribution in [3.63, 3.8) is 0 Å². The van der Waals surface area contributed by atoms with E-state index in [1.807, 2.05) is 7.05 Å². The number of nitrogens with one attached hydrogen (secondary N) is 1. The molecular weight excluding hydrogens is 240 g/mol. The highest BCUT2D eigenvalue weighted by Crippen LogP contribution is 2.40. The van der Waals surface area contributed by atoms with Crippen molar-refractivity contribution in [1.29, 1.82) is 0 Å². The van der Waals surface area contributed by atoms with E-state index in [-0.39, 0.29) is 0 Å². The maximum Gasteiger partial charge on any atom is 0.163 e. The third-order valence-electron chi connectivity index (χ3n) is 4.15. The van der Waals surface area contributed by atoms with Crippen LogP contribution in [0.25, 0.3) is 0 Å². The van der Waals surface area contributed by atoms with Crippen molar-refractivity contribution in [3.8, 4) is 11.5 Å². The molecular formula is C15H22N2O2. The molecule has 3 rings (SSSR count). The molecule has 1 aromatic carbocycles. The van der Waals surface area contributed by atoms with Crippen molar-refractivity contribution >= 4 is 5.69 Å². The van der Waals surface area contributed by atoms with Gasteiger partial charge in [0.15, 0.2) is 11.5 Å². The summed E-state index contributed by atoms with van der Waals surface area (Å²) < 4.78 is 11.4. The van der Waals surface area contributed by atoms with Crippen LogP contribution in [0.4, 0.5) is 5.69 Å². The van der Waals surface area contributed by atoms with Crippen molar-refractivity contribution < 1.29 is 9.47 Å². The minimum atomic E-state index is 0.613. The highest BCUT2D eigenvalue weighted by atomic mass is 16.6. The van der Waals surface area contributed by atoms with Gasteiger partial charge in [0.2, 0.25) is 0 Å². The third kappa shape index (κ3) is 2.37. The summed E-state index contributed by atoms with van der Waals surface area (Å²) in [7, 11) is 4.20. The number of hydrogen-bond donors (Lipinski definition) is 1. The normalized spacial score (nSPS) is 21.2. The standard InChI is InChI=1S/C15H22N2O2/c1-16-6-5-12-4-3-11-9-14-15(19-8-7-18-14)10-13(11)17(12)2/h9-10,12,16H,3-8H2,1-2H3. The molecule has 0 radical (unpaired) electrons. The average molecular weight is 262 g/mol. The van der Waals surface area contributed by atoms with Crippen molar-refractivity contribution in [2.45, 2.75) is 25.3 Å². The number of aryl methyl sites for hydroxylation is 1. The molecule has 0 saturated heterocycles. The molecule has 104 valence electrons. The lowest BCUT2D eigenvalue weighted by Crippen LogP contribution is -2.38. The number of benzene rings is 1. The molecule has 4 heteroatoms. The van der Waals surface area contributed by atoms with Crippen LogP contribution in [0, 0.1) is 0 Å². The summed E-state index contributed by atoms with van der Waals surface area (Å²) in [5.41, 5.74) is 2.68. The Labute approximate surface area is 114 Å². The lowest BCUT2D eigenvalue weighted by Gasteiger charge is -2.37. The molecule has 0 amide bonds. The van der Waals surface area contributed by atoms with Crippen LogP contribution in [0.3, 0.4) is 0 Å². The molecule has 2 heterocycles. The second-order valence-electron chi connectivity index (χ2n) is 5.32. The van der Waals surface area contributed by atoms with Gasteiger partial charge in [-0.1, -0.05) is 0 Å². The van der Waals surface area contributed by atoms with E-state index < -0.39 is 0 Å². The summed E-state index contributed by atoms with van der Waals surface area (Å²) in [6.07, 6.45) is 3.52. The predicted octanol–water partition coefficient (Wildman–Crippen LogP) is 1.82. The van der Waals surface area contributed by atoms with Crippen molar-refractivity contribution in [2.75, 3.05) is 38.8 Å². The molecule has 1 atom stereocenters. The van der Waals surface area contributed by atoms with Crippen LogP contribution in [0.5, 0.6) is 11.5 Å². The number of nitrogens with zero attached hydrogens (tertiary/aromatic N) is 1. The van der Waals surface area contributed by atoms with Crippen molar-refractivity contribution in [3.05, 3.63) is 17.7 Å². The molecule has 19 heavy (non-hydrogen) atoms. The van der Waals surface area contributed by atoms with Gasteiger partial charge in [-0.3, -0.25) is 0 Å². The summed E-state index contributed by atoms with van der Waals surface area (Å²) >= 11 is 0. The first-order chi connectivity index (χ1) is 9.29. The predicted molar refractivity (Wildman–Crippen MR) is 76.5 cm³/mol. The van der Waals surface area contributed by atoms with E-state index in [0.717, 1.165) is 24.5 Å². The number of hydrogen-bond acceptors (Lipinski definition) is 4. The minimum absolute atomic E-state index is 0.613. The molecule has 1 unspecified atom stereocenters. The first-order valence-corrected chi connectivity index (χ1v) is 7.09. The lowest BCUT2D eigenvalue weighted by molar-refractivity contribution is 0.171. The fraction of sp³-hybridized carbons (Fsp3) is 0.600. The van der Waals surface area contributed by atoms with Gasteiger partial charge < -0.3 is 19.7 Å². The largest absolute Gasteiger partial charge is 0.486 e. The van der Waals surface area contributed by atoms with Crippen LogP contribution >= 0.6 is 0 Å². The zero-order valence-electron chi connectivity index (χ0n) is 11.7. The number of rotatable bonds is 3. The van der Waals surface area contributed by atoms with E-state index in [2.05, 4.69) is 29.4 Å². The molecule has 0 spiro atoms. The van der Waals surface area contributed by atoms with Crippen LogP contribution < -0.4 is 19.7 Å². The summed E-state index contributed by atoms with van der Waals surface area (Å²) in [5, 5.41) is 3.24. The zero-order chi connectivity index (χ0) is 13.2. The van der Waals surface area contributed by atoms with Gasteiger partial charge in [0.05, 0.1) is 0 Å². The Hall–Kier alpha value is -1.42. The molecule has 0 saturated carbocycles. The minimum Gasteiger partial charge on any atom is -0.486 e. The highest BCUT2D eigenvalue weighted by molar-refractivity contribution is 5.63. The van der Waals surface area contributed by atoms with E-state index >= 15 is 0 Å². The highest BCUT2D eigenvalue weighted by Gasteiger charge is 2.26. The number of fused-ring (bicyclic) bond motifs is 2. The zero-order valence-corrected chi connectivity index (χ0v) is 11.7. The van der Waals surface area contributed by atoms with E-state index in [4.69, 9.17) is 9.47 Å². The Bertz CT molecular complexity index is 462. The van der Waals surface area contributed by atoms with Crippen LogP contribution in [-0.2, 0) is 6.42 Å². The Morgan fingerprint density at radius 1 is 1.26 bits per heavy atom. The molecule has 0 bridgehead atoms. The number of anilines is 1. The summed E-state index contributed by atoms with van der Waals surface area (Å²) in [6.45, 7) is 2.37. The van der Waals surface area contributed by atoms with E-state index in [9.17, 15) is 0 Å². The molecule has 1 aromatic rings. The summed E-state index contributed by atoms with van der Waals surface area (Å²) in [5.74, 6) is 1.80. The van der Waals surface area contributed by atoms with E-state index in [1.165, 1.54) is 24.1 Å². The Balaban J connectivity index is 1.86. The second kappa shape index (κ2) is 5.29. The molecule has 4 nitrogen and oxygen atoms in total. The monoisotopic (exact) mass is 262 g/mol. The fourth-order valence-corrected chi connectivity index (χ4v) is 3.01. The maximum absolute atomic E-state index is 5.69. The summed E-state index contributed by atoms with van der Waals surface area (Å²) in [4.78, 5) is 2.40. The fourth-order valence-electron chi connectivity index (χ4n) is 3.01. The van der Waals surface area contributed by atoms with E-state index in [0.29, 0.717) is 19.3 Å². The smallest absolute Gasteiger partial charge is 0.163 e. The SMILES string of the molecule is CNCCC1CCc2cc3c(cc2N1C)OCCO3. The Morgan fingerprint density at radius 2 is 2.00 bits per heavy atom. The van der Waals surface area contributed by atoms with Gasteiger partial charge in [-0.05, 0) is 44.5 Å². The summed E-state index contributed by atoms with van der Waals surface area (Å²) in [6, 6.07) is 4.92. The maximum atomic E-state index is 5.69. The molecule has 0 fully saturated rings. The topological polar surface area (TPSA) is 33.7 Å². The van der Waals surface area contributed by atoms with Gasteiger partial charge in [-0.2, -0.15) is 0 Å². The molecule has 1 N–H and O–H groups in total. The quantitative estimate of drug-likeness (QED) is 0.901. The van der Waals surface area contributed by atoms with Gasteiger partial charge in [0, 0.05) is 24.8 Å². The van der Waals surface area contributed by atoms with Crippen LogP contribution in [0.15, 0.2) is 12.1 Å². The van der Waals surface area contributed by atoms with Gasteiger partial charge in [-0.25, -0.2) is 0 Å². The van der Waals surface area contributed by atoms with Gasteiger partial charge in [0.25, 0.3) is 0 Å². The molecule has 0 aliphatic carbocycles. The van der Waals surface area contributed by atoms with Crippen LogP contribution in [0.1, 0.15) is 18.4 Å². The molecule has 2 aliphatic rings. The van der Waals surface area contributed by atoms with Crippen molar-refractivity contribution in [2.24, 2.45) is 0 Å². The molecule has 0 aromatic heterocycles. The van der Waals surface area contributed by atoms with Crippen molar-refractivity contribution in [1.82, 2.24) is 5.32 Å².